The summed E-state index contributed by atoms with van der Waals surface area (Å²) in [7, 11) is 1.40. The van der Waals surface area contributed by atoms with Gasteiger partial charge in [0.05, 0.1) is 36.5 Å². The number of ether oxygens (including phenoxy) is 1. The Hall–Kier alpha value is -4.26. The van der Waals surface area contributed by atoms with Crippen molar-refractivity contribution in [3.05, 3.63) is 89.6 Å². The molecule has 0 saturated heterocycles. The van der Waals surface area contributed by atoms with Gasteiger partial charge in [-0.05, 0) is 56.2 Å². The van der Waals surface area contributed by atoms with Crippen molar-refractivity contribution in [3.8, 4) is 22.4 Å². The van der Waals surface area contributed by atoms with E-state index in [-0.39, 0.29) is 18.4 Å². The number of hydrogen-bond acceptors (Lipinski definition) is 6. The third-order valence-corrected chi connectivity index (χ3v) is 6.32. The largest absolute Gasteiger partial charge is 0.469 e. The fourth-order valence-corrected chi connectivity index (χ4v) is 4.46. The number of hydrogen-bond donors (Lipinski definition) is 0. The van der Waals surface area contributed by atoms with Crippen LogP contribution in [0.5, 0.6) is 0 Å². The van der Waals surface area contributed by atoms with Crippen LogP contribution in [0.4, 0.5) is 0 Å². The van der Waals surface area contributed by atoms with Crippen molar-refractivity contribution in [2.45, 2.75) is 33.2 Å². The lowest BCUT2D eigenvalue weighted by Crippen LogP contribution is -2.10. The lowest BCUT2D eigenvalue weighted by molar-refractivity contribution is -0.139. The predicted molar refractivity (Wildman–Crippen MR) is 134 cm³/mol. The van der Waals surface area contributed by atoms with Crippen LogP contribution in [0, 0.1) is 13.8 Å². The van der Waals surface area contributed by atoms with E-state index in [1.807, 2.05) is 61.0 Å². The van der Waals surface area contributed by atoms with E-state index in [4.69, 9.17) is 14.4 Å². The first kappa shape index (κ1) is 22.5. The molecule has 5 rings (SSSR count). The van der Waals surface area contributed by atoms with Gasteiger partial charge in [0.25, 0.3) is 0 Å². The van der Waals surface area contributed by atoms with Crippen molar-refractivity contribution in [2.24, 2.45) is 0 Å². The molecule has 0 amide bonds. The molecule has 3 aromatic heterocycles. The van der Waals surface area contributed by atoms with Crippen molar-refractivity contribution in [2.75, 3.05) is 7.11 Å². The van der Waals surface area contributed by atoms with Crippen molar-refractivity contribution in [1.82, 2.24) is 19.9 Å². The molecule has 2 aromatic carbocycles. The van der Waals surface area contributed by atoms with E-state index in [1.165, 1.54) is 7.11 Å². The zero-order valence-corrected chi connectivity index (χ0v) is 20.1. The molecule has 0 aliphatic heterocycles. The molecule has 0 fully saturated rings. The van der Waals surface area contributed by atoms with Crippen LogP contribution in [-0.2, 0) is 16.0 Å². The number of carbonyl (C=O) groups is 1. The van der Waals surface area contributed by atoms with Gasteiger partial charge in [-0.25, -0.2) is 0 Å². The molecule has 0 bridgehead atoms. The number of carbonyl (C=O) groups excluding carboxylic acids is 1. The summed E-state index contributed by atoms with van der Waals surface area (Å²) in [6.45, 7) is 5.97. The van der Waals surface area contributed by atoms with Gasteiger partial charge in [-0.2, -0.15) is 5.10 Å². The highest BCUT2D eigenvalue weighted by molar-refractivity contribution is 5.96. The number of nitrogens with zero attached hydrogens (tertiary/aromatic N) is 4. The molecule has 7 nitrogen and oxygen atoms in total. The number of methoxy groups -OCH3 is 1. The smallest absolute Gasteiger partial charge is 0.309 e. The number of aryl methyl sites for hydroxylation is 2. The van der Waals surface area contributed by atoms with Gasteiger partial charge in [-0.1, -0.05) is 41.6 Å². The minimum absolute atomic E-state index is 0.0778. The molecule has 0 unspecified atom stereocenters. The molecule has 1 atom stereocenters. The van der Waals surface area contributed by atoms with Crippen LogP contribution < -0.4 is 0 Å². The first-order valence-corrected chi connectivity index (χ1v) is 11.5. The predicted octanol–water partition coefficient (Wildman–Crippen LogP) is 5.69. The highest BCUT2D eigenvalue weighted by atomic mass is 16.5. The fraction of sp³-hybridized carbons (Fsp3) is 0.214. The highest BCUT2D eigenvalue weighted by Crippen LogP contribution is 2.35. The quantitative estimate of drug-likeness (QED) is 0.299. The third kappa shape index (κ3) is 4.21. The molecule has 0 aliphatic carbocycles. The van der Waals surface area contributed by atoms with Crippen molar-refractivity contribution in [3.63, 3.8) is 0 Å². The Morgan fingerprint density at radius 1 is 1.06 bits per heavy atom. The molecule has 0 saturated carbocycles. The maximum atomic E-state index is 11.6. The Kier molecular flexibility index (Phi) is 5.91. The second kappa shape index (κ2) is 9.18. The van der Waals surface area contributed by atoms with Gasteiger partial charge in [-0.3, -0.25) is 14.5 Å². The van der Waals surface area contributed by atoms with Crippen LogP contribution in [-0.4, -0.2) is 33.0 Å². The van der Waals surface area contributed by atoms with Gasteiger partial charge in [0, 0.05) is 22.7 Å². The second-order valence-electron chi connectivity index (χ2n) is 8.60. The van der Waals surface area contributed by atoms with E-state index in [9.17, 15) is 4.79 Å². The first-order valence-electron chi connectivity index (χ1n) is 11.5. The molecule has 0 radical (unpaired) electrons. The number of rotatable bonds is 6. The molecule has 3 heterocycles. The lowest BCUT2D eigenvalue weighted by atomic mass is 10.00. The van der Waals surface area contributed by atoms with Gasteiger partial charge in [0.2, 0.25) is 0 Å². The van der Waals surface area contributed by atoms with Crippen LogP contribution in [0.25, 0.3) is 33.3 Å². The summed E-state index contributed by atoms with van der Waals surface area (Å²) in [5.74, 6) is 0.524. The number of pyridine rings is 1. The maximum Gasteiger partial charge on any atom is 0.309 e. The Morgan fingerprint density at radius 3 is 2.49 bits per heavy atom. The average Bonchev–Trinajstić information content (AvgIpc) is 3.43. The van der Waals surface area contributed by atoms with Gasteiger partial charge in [0.1, 0.15) is 11.5 Å². The number of fused-ring (bicyclic) bond motifs is 1. The summed E-state index contributed by atoms with van der Waals surface area (Å²) in [6, 6.07) is 20.0. The van der Waals surface area contributed by atoms with E-state index in [0.717, 1.165) is 56.0 Å². The summed E-state index contributed by atoms with van der Waals surface area (Å²) in [5, 5.41) is 10.2. The topological polar surface area (TPSA) is 83.0 Å². The lowest BCUT2D eigenvalue weighted by Gasteiger charge is -2.13. The molecule has 35 heavy (non-hydrogen) atoms. The third-order valence-electron chi connectivity index (χ3n) is 6.32. The van der Waals surface area contributed by atoms with E-state index in [0.29, 0.717) is 0 Å². The highest BCUT2D eigenvalue weighted by Gasteiger charge is 2.20. The zero-order chi connectivity index (χ0) is 24.5. The van der Waals surface area contributed by atoms with Crippen LogP contribution in [0.15, 0.2) is 71.4 Å². The fourth-order valence-electron chi connectivity index (χ4n) is 4.46. The number of aromatic nitrogens is 4. The Morgan fingerprint density at radius 2 is 1.83 bits per heavy atom. The van der Waals surface area contributed by atoms with Gasteiger partial charge < -0.3 is 9.26 Å². The van der Waals surface area contributed by atoms with Crippen LogP contribution in [0.1, 0.15) is 35.7 Å². The molecular weight excluding hydrogens is 440 g/mol. The average molecular weight is 467 g/mol. The van der Waals surface area contributed by atoms with E-state index in [2.05, 4.69) is 35.3 Å². The standard InChI is InChI=1S/C28H26N4O3/c1-17-27(19(3)35-31-17)22-12-13-23-25(16-22)32(18(2)24-7-5-6-14-29-24)30-28(23)21-10-8-20(9-11-21)15-26(33)34-4/h5-14,16,18H,15H2,1-4H3/t18-/m0/s1. The normalized spacial score (nSPS) is 12.1. The Labute approximate surface area is 203 Å². The molecule has 7 heteroatoms. The molecule has 0 aliphatic rings. The Balaban J connectivity index is 1.65. The van der Waals surface area contributed by atoms with Crippen LogP contribution in [0.3, 0.4) is 0 Å². The summed E-state index contributed by atoms with van der Waals surface area (Å²) < 4.78 is 12.2. The number of benzene rings is 2. The SMILES string of the molecule is COC(=O)Cc1ccc(-c2nn([C@@H](C)c3ccccn3)c3cc(-c4c(C)noc4C)ccc23)cc1. The second-order valence-corrected chi connectivity index (χ2v) is 8.60. The van der Waals surface area contributed by atoms with E-state index in [1.54, 1.807) is 6.20 Å². The van der Waals surface area contributed by atoms with Crippen molar-refractivity contribution >= 4 is 16.9 Å². The van der Waals surface area contributed by atoms with Gasteiger partial charge in [-0.15, -0.1) is 0 Å². The van der Waals surface area contributed by atoms with Crippen LogP contribution >= 0.6 is 0 Å². The maximum absolute atomic E-state index is 11.6. The van der Waals surface area contributed by atoms with Gasteiger partial charge in [0.15, 0.2) is 0 Å². The number of esters is 1. The molecule has 0 spiro atoms. The summed E-state index contributed by atoms with van der Waals surface area (Å²) in [6.07, 6.45) is 2.04. The monoisotopic (exact) mass is 466 g/mol. The summed E-state index contributed by atoms with van der Waals surface area (Å²) in [5.41, 5.74) is 7.55. The van der Waals surface area contributed by atoms with Crippen molar-refractivity contribution < 1.29 is 14.1 Å². The molecule has 176 valence electrons. The van der Waals surface area contributed by atoms with Gasteiger partial charge >= 0.3 is 5.97 Å². The molecule has 0 N–H and O–H groups in total. The zero-order valence-electron chi connectivity index (χ0n) is 20.1. The molecule has 5 aromatic rings. The van der Waals surface area contributed by atoms with E-state index < -0.39 is 0 Å². The Bertz CT molecular complexity index is 1480. The first-order chi connectivity index (χ1) is 17.0. The minimum Gasteiger partial charge on any atom is -0.469 e. The summed E-state index contributed by atoms with van der Waals surface area (Å²) >= 11 is 0. The molecular formula is C28H26N4O3. The van der Waals surface area contributed by atoms with E-state index >= 15 is 0 Å². The minimum atomic E-state index is -0.261. The van der Waals surface area contributed by atoms with Crippen LogP contribution in [0.2, 0.25) is 0 Å². The summed E-state index contributed by atoms with van der Waals surface area (Å²) in [4.78, 5) is 16.2. The van der Waals surface area contributed by atoms with Crippen molar-refractivity contribution in [1.29, 1.82) is 0 Å².